The smallest absolute Gasteiger partial charge is 0.225 e. The highest BCUT2D eigenvalue weighted by Crippen LogP contribution is 2.20. The van der Waals surface area contributed by atoms with Gasteiger partial charge >= 0.3 is 0 Å². The molecule has 20 heavy (non-hydrogen) atoms. The summed E-state index contributed by atoms with van der Waals surface area (Å²) in [6.07, 6.45) is 6.52. The Hall–Kier alpha value is -1.06. The summed E-state index contributed by atoms with van der Waals surface area (Å²) in [7, 11) is 1.90. The zero-order chi connectivity index (χ0) is 15.0. The van der Waals surface area contributed by atoms with E-state index >= 15 is 0 Å². The number of carbonyl (C=O) groups is 2. The Morgan fingerprint density at radius 2 is 1.70 bits per heavy atom. The van der Waals surface area contributed by atoms with E-state index in [0.29, 0.717) is 6.42 Å². The first-order valence-corrected chi connectivity index (χ1v) is 8.12. The maximum atomic E-state index is 12.3. The second kappa shape index (κ2) is 8.98. The van der Waals surface area contributed by atoms with Gasteiger partial charge in [0, 0.05) is 39.0 Å². The average Bonchev–Trinajstić information content (AvgIpc) is 2.49. The van der Waals surface area contributed by atoms with E-state index in [-0.39, 0.29) is 17.7 Å². The number of carbonyl (C=O) groups excluding carboxylic acids is 2. The first-order chi connectivity index (χ1) is 9.60. The van der Waals surface area contributed by atoms with Gasteiger partial charge in [-0.05, 0) is 25.7 Å². The fourth-order valence-electron chi connectivity index (χ4n) is 2.68. The number of rotatable bonds is 7. The summed E-state index contributed by atoms with van der Waals surface area (Å²) in [4.78, 5) is 28.0. The normalized spacial score (nSPS) is 16.2. The summed E-state index contributed by atoms with van der Waals surface area (Å²) < 4.78 is 0. The van der Waals surface area contributed by atoms with Gasteiger partial charge < -0.3 is 9.80 Å². The summed E-state index contributed by atoms with van der Waals surface area (Å²) in [6.45, 7) is 6.59. The number of amides is 2. The summed E-state index contributed by atoms with van der Waals surface area (Å²) in [6, 6.07) is 0. The van der Waals surface area contributed by atoms with Crippen molar-refractivity contribution in [3.63, 3.8) is 0 Å². The lowest BCUT2D eigenvalue weighted by molar-refractivity contribution is -0.140. The van der Waals surface area contributed by atoms with Crippen LogP contribution in [0, 0.1) is 5.92 Å². The van der Waals surface area contributed by atoms with E-state index in [1.807, 2.05) is 16.8 Å². The summed E-state index contributed by atoms with van der Waals surface area (Å²) in [5.74, 6) is 0.642. The molecular formula is C16H30N2O2. The highest BCUT2D eigenvalue weighted by molar-refractivity contribution is 5.80. The first kappa shape index (κ1) is 17.0. The predicted molar refractivity (Wildman–Crippen MR) is 81.4 cm³/mol. The van der Waals surface area contributed by atoms with Crippen molar-refractivity contribution in [3.05, 3.63) is 0 Å². The monoisotopic (exact) mass is 282 g/mol. The molecule has 0 unspecified atom stereocenters. The van der Waals surface area contributed by atoms with Crippen molar-refractivity contribution in [2.24, 2.45) is 5.92 Å². The zero-order valence-electron chi connectivity index (χ0n) is 13.4. The molecule has 0 aliphatic carbocycles. The van der Waals surface area contributed by atoms with Crippen LogP contribution in [0.4, 0.5) is 0 Å². The Balaban J connectivity index is 2.34. The van der Waals surface area contributed by atoms with Gasteiger partial charge in [0.2, 0.25) is 11.8 Å². The van der Waals surface area contributed by atoms with Crippen molar-refractivity contribution in [1.29, 1.82) is 0 Å². The second-order valence-corrected chi connectivity index (χ2v) is 5.87. The Morgan fingerprint density at radius 1 is 1.10 bits per heavy atom. The van der Waals surface area contributed by atoms with Crippen LogP contribution in [-0.2, 0) is 9.59 Å². The summed E-state index contributed by atoms with van der Waals surface area (Å²) in [5.41, 5.74) is 0. The second-order valence-electron chi connectivity index (χ2n) is 5.87. The lowest BCUT2D eigenvalue weighted by atomic mass is 9.95. The number of nitrogens with zero attached hydrogens (tertiary/aromatic N) is 2. The van der Waals surface area contributed by atoms with E-state index in [1.54, 1.807) is 0 Å². The molecule has 1 saturated heterocycles. The van der Waals surface area contributed by atoms with Crippen LogP contribution in [-0.4, -0.2) is 48.3 Å². The Labute approximate surface area is 123 Å². The van der Waals surface area contributed by atoms with E-state index in [0.717, 1.165) is 58.2 Å². The largest absolute Gasteiger partial charge is 0.346 e. The minimum Gasteiger partial charge on any atom is -0.346 e. The van der Waals surface area contributed by atoms with Crippen LogP contribution in [0.15, 0.2) is 0 Å². The van der Waals surface area contributed by atoms with Gasteiger partial charge in [0.1, 0.15) is 0 Å². The van der Waals surface area contributed by atoms with Crippen LogP contribution >= 0.6 is 0 Å². The Bertz CT molecular complexity index is 310. The number of hydrogen-bond donors (Lipinski definition) is 0. The molecule has 0 bridgehead atoms. The van der Waals surface area contributed by atoms with Crippen molar-refractivity contribution in [2.45, 2.75) is 58.8 Å². The topological polar surface area (TPSA) is 40.6 Å². The molecule has 116 valence electrons. The van der Waals surface area contributed by atoms with Gasteiger partial charge in [-0.25, -0.2) is 0 Å². The van der Waals surface area contributed by atoms with E-state index < -0.39 is 0 Å². The molecule has 0 saturated carbocycles. The number of unbranched alkanes of at least 4 members (excludes halogenated alkanes) is 2. The van der Waals surface area contributed by atoms with Crippen molar-refractivity contribution in [2.75, 3.05) is 26.7 Å². The summed E-state index contributed by atoms with van der Waals surface area (Å²) >= 11 is 0. The first-order valence-electron chi connectivity index (χ1n) is 8.12. The van der Waals surface area contributed by atoms with Crippen LogP contribution in [0.25, 0.3) is 0 Å². The molecule has 0 aromatic rings. The SMILES string of the molecule is CCCCC(=O)N1CCC(C(=O)N(C)CCCC)CC1. The van der Waals surface area contributed by atoms with Gasteiger partial charge in [0.05, 0.1) is 0 Å². The molecule has 0 radical (unpaired) electrons. The highest BCUT2D eigenvalue weighted by Gasteiger charge is 2.28. The molecule has 1 aliphatic rings. The van der Waals surface area contributed by atoms with Gasteiger partial charge in [-0.1, -0.05) is 26.7 Å². The number of hydrogen-bond acceptors (Lipinski definition) is 2. The molecule has 4 nitrogen and oxygen atoms in total. The van der Waals surface area contributed by atoms with Crippen LogP contribution in [0.2, 0.25) is 0 Å². The lowest BCUT2D eigenvalue weighted by Gasteiger charge is -2.33. The summed E-state index contributed by atoms with van der Waals surface area (Å²) in [5, 5.41) is 0. The third-order valence-corrected chi connectivity index (χ3v) is 4.16. The van der Waals surface area contributed by atoms with Gasteiger partial charge in [-0.15, -0.1) is 0 Å². The van der Waals surface area contributed by atoms with Crippen molar-refractivity contribution < 1.29 is 9.59 Å². The molecule has 1 rings (SSSR count). The molecule has 1 heterocycles. The maximum Gasteiger partial charge on any atom is 0.225 e. The predicted octanol–water partition coefficient (Wildman–Crippen LogP) is 2.67. The third kappa shape index (κ3) is 5.14. The zero-order valence-corrected chi connectivity index (χ0v) is 13.4. The Kier molecular flexibility index (Phi) is 7.63. The van der Waals surface area contributed by atoms with Gasteiger partial charge in [0.15, 0.2) is 0 Å². The van der Waals surface area contributed by atoms with Crippen molar-refractivity contribution >= 4 is 11.8 Å². The van der Waals surface area contributed by atoms with Crippen molar-refractivity contribution in [3.8, 4) is 0 Å². The molecule has 1 fully saturated rings. The number of likely N-dealkylation sites (tertiary alicyclic amines) is 1. The lowest BCUT2D eigenvalue weighted by Crippen LogP contribution is -2.43. The minimum atomic E-state index is 0.118. The molecular weight excluding hydrogens is 252 g/mol. The van der Waals surface area contributed by atoms with E-state index in [4.69, 9.17) is 0 Å². The quantitative estimate of drug-likeness (QED) is 0.720. The maximum absolute atomic E-state index is 12.3. The van der Waals surface area contributed by atoms with E-state index in [2.05, 4.69) is 13.8 Å². The van der Waals surface area contributed by atoms with E-state index in [1.165, 1.54) is 0 Å². The Morgan fingerprint density at radius 3 is 2.25 bits per heavy atom. The average molecular weight is 282 g/mol. The fraction of sp³-hybridized carbons (Fsp3) is 0.875. The molecule has 0 aromatic heterocycles. The van der Waals surface area contributed by atoms with Gasteiger partial charge in [-0.2, -0.15) is 0 Å². The number of piperidine rings is 1. The van der Waals surface area contributed by atoms with Gasteiger partial charge in [-0.3, -0.25) is 9.59 Å². The fourth-order valence-corrected chi connectivity index (χ4v) is 2.68. The third-order valence-electron chi connectivity index (χ3n) is 4.16. The van der Waals surface area contributed by atoms with Crippen molar-refractivity contribution in [1.82, 2.24) is 9.80 Å². The molecule has 1 aliphatic heterocycles. The van der Waals surface area contributed by atoms with E-state index in [9.17, 15) is 9.59 Å². The van der Waals surface area contributed by atoms with Crippen LogP contribution in [0.5, 0.6) is 0 Å². The molecule has 0 spiro atoms. The van der Waals surface area contributed by atoms with Gasteiger partial charge in [0.25, 0.3) is 0 Å². The highest BCUT2D eigenvalue weighted by atomic mass is 16.2. The molecule has 2 amide bonds. The van der Waals surface area contributed by atoms with Crippen LogP contribution in [0.1, 0.15) is 58.8 Å². The minimum absolute atomic E-state index is 0.118. The molecule has 0 N–H and O–H groups in total. The van der Waals surface area contributed by atoms with Crippen LogP contribution < -0.4 is 0 Å². The molecule has 0 aromatic carbocycles. The molecule has 0 atom stereocenters. The standard InChI is InChI=1S/C16H30N2O2/c1-4-6-8-15(19)18-12-9-14(10-13-18)16(20)17(3)11-7-5-2/h14H,4-13H2,1-3H3. The molecule has 4 heteroatoms. The van der Waals surface area contributed by atoms with Crippen LogP contribution in [0.3, 0.4) is 0 Å².